The number of nitrogens with one attached hydrogen (secondary N) is 2. The molecule has 0 amide bonds. The van der Waals surface area contributed by atoms with Gasteiger partial charge in [-0.3, -0.25) is 0 Å². The van der Waals surface area contributed by atoms with Gasteiger partial charge in [-0.15, -0.1) is 0 Å². The zero-order valence-corrected chi connectivity index (χ0v) is 11.1. The van der Waals surface area contributed by atoms with Crippen LogP contribution in [-0.4, -0.2) is 21.5 Å². The molecule has 0 aliphatic heterocycles. The van der Waals surface area contributed by atoms with E-state index in [0.29, 0.717) is 23.0 Å². The molecule has 2 rings (SSSR count). The molecule has 1 heterocycles. The highest BCUT2D eigenvalue weighted by Crippen LogP contribution is 2.29. The summed E-state index contributed by atoms with van der Waals surface area (Å²) in [6.45, 7) is 3.97. The third kappa shape index (κ3) is 2.53. The molecule has 0 saturated heterocycles. The summed E-state index contributed by atoms with van der Waals surface area (Å²) in [6.07, 6.45) is 1.85. The van der Waals surface area contributed by atoms with E-state index in [4.69, 9.17) is 4.42 Å². The molecule has 1 fully saturated rings. The van der Waals surface area contributed by atoms with Crippen LogP contribution in [0.3, 0.4) is 0 Å². The lowest BCUT2D eigenvalue weighted by Gasteiger charge is -2.07. The van der Waals surface area contributed by atoms with Crippen LogP contribution in [0.25, 0.3) is 0 Å². The van der Waals surface area contributed by atoms with E-state index in [2.05, 4.69) is 10.0 Å². The van der Waals surface area contributed by atoms with E-state index >= 15 is 0 Å². The molecular formula is C11H18N2O3S. The van der Waals surface area contributed by atoms with E-state index in [9.17, 15) is 8.42 Å². The van der Waals surface area contributed by atoms with Crippen LogP contribution >= 0.6 is 0 Å². The minimum absolute atomic E-state index is 0.108. The number of aryl methyl sites for hydroxylation is 2. The fourth-order valence-electron chi connectivity index (χ4n) is 1.92. The van der Waals surface area contributed by atoms with Crippen molar-refractivity contribution in [2.75, 3.05) is 7.05 Å². The highest BCUT2D eigenvalue weighted by atomic mass is 32.2. The SMILES string of the molecule is CNCc1c(C)oc(C)c1S(=O)(=O)NC1CC1. The molecule has 0 bridgehead atoms. The highest BCUT2D eigenvalue weighted by Gasteiger charge is 2.32. The van der Waals surface area contributed by atoms with Crippen LogP contribution in [0.2, 0.25) is 0 Å². The van der Waals surface area contributed by atoms with Crippen molar-refractivity contribution in [2.24, 2.45) is 0 Å². The van der Waals surface area contributed by atoms with Gasteiger partial charge in [-0.1, -0.05) is 0 Å². The Bertz CT molecular complexity index is 515. The predicted molar refractivity (Wildman–Crippen MR) is 64.3 cm³/mol. The van der Waals surface area contributed by atoms with Crippen LogP contribution in [-0.2, 0) is 16.6 Å². The van der Waals surface area contributed by atoms with Gasteiger partial charge < -0.3 is 9.73 Å². The Hall–Kier alpha value is -0.850. The van der Waals surface area contributed by atoms with Gasteiger partial charge in [0.15, 0.2) is 0 Å². The normalized spacial score (nSPS) is 16.4. The summed E-state index contributed by atoms with van der Waals surface area (Å²) < 4.78 is 32.5. The third-order valence-corrected chi connectivity index (χ3v) is 4.56. The summed E-state index contributed by atoms with van der Waals surface area (Å²) in [5, 5.41) is 2.97. The maximum Gasteiger partial charge on any atom is 0.244 e. The fraction of sp³-hybridized carbons (Fsp3) is 0.636. The Morgan fingerprint density at radius 2 is 1.94 bits per heavy atom. The Balaban J connectivity index is 2.41. The molecule has 5 nitrogen and oxygen atoms in total. The molecule has 0 radical (unpaired) electrons. The van der Waals surface area contributed by atoms with E-state index < -0.39 is 10.0 Å². The summed E-state index contributed by atoms with van der Waals surface area (Å²) >= 11 is 0. The van der Waals surface area contributed by atoms with Gasteiger partial charge in [-0.2, -0.15) is 0 Å². The van der Waals surface area contributed by atoms with Crippen molar-refractivity contribution >= 4 is 10.0 Å². The average Bonchev–Trinajstić information content (AvgIpc) is 2.94. The average molecular weight is 258 g/mol. The van der Waals surface area contributed by atoms with Crippen LogP contribution in [0, 0.1) is 13.8 Å². The fourth-order valence-corrected chi connectivity index (χ4v) is 3.68. The molecule has 0 atom stereocenters. The summed E-state index contributed by atoms with van der Waals surface area (Å²) in [6, 6.07) is 0.108. The quantitative estimate of drug-likeness (QED) is 0.828. The Morgan fingerprint density at radius 3 is 2.47 bits per heavy atom. The number of rotatable bonds is 5. The monoisotopic (exact) mass is 258 g/mol. The van der Waals surface area contributed by atoms with Crippen molar-refractivity contribution < 1.29 is 12.8 Å². The minimum Gasteiger partial charge on any atom is -0.465 e. The molecule has 1 saturated carbocycles. The molecular weight excluding hydrogens is 240 g/mol. The van der Waals surface area contributed by atoms with Crippen molar-refractivity contribution in [1.82, 2.24) is 10.0 Å². The number of hydrogen-bond acceptors (Lipinski definition) is 4. The third-order valence-electron chi connectivity index (χ3n) is 2.85. The topological polar surface area (TPSA) is 71.3 Å². The Morgan fingerprint density at radius 1 is 1.29 bits per heavy atom. The van der Waals surface area contributed by atoms with Crippen molar-refractivity contribution in [3.8, 4) is 0 Å². The second kappa shape index (κ2) is 4.44. The van der Waals surface area contributed by atoms with Crippen molar-refractivity contribution in [3.05, 3.63) is 17.1 Å². The van der Waals surface area contributed by atoms with Crippen LogP contribution in [0.5, 0.6) is 0 Å². The number of sulfonamides is 1. The lowest BCUT2D eigenvalue weighted by molar-refractivity contribution is 0.493. The summed E-state index contributed by atoms with van der Waals surface area (Å²) in [5.74, 6) is 1.12. The van der Waals surface area contributed by atoms with E-state index in [1.54, 1.807) is 20.9 Å². The molecule has 17 heavy (non-hydrogen) atoms. The van der Waals surface area contributed by atoms with Crippen molar-refractivity contribution in [2.45, 2.75) is 44.2 Å². The van der Waals surface area contributed by atoms with Crippen LogP contribution in [0.4, 0.5) is 0 Å². The van der Waals surface area contributed by atoms with Crippen LogP contribution in [0.15, 0.2) is 9.31 Å². The van der Waals surface area contributed by atoms with Crippen LogP contribution in [0.1, 0.15) is 29.9 Å². The largest absolute Gasteiger partial charge is 0.465 e. The van der Waals surface area contributed by atoms with E-state index in [1.807, 2.05) is 0 Å². The molecule has 96 valence electrons. The van der Waals surface area contributed by atoms with Gasteiger partial charge in [0.2, 0.25) is 10.0 Å². The number of furan rings is 1. The first-order chi connectivity index (χ1) is 7.95. The molecule has 1 aliphatic rings. The first kappa shape index (κ1) is 12.6. The van der Waals surface area contributed by atoms with E-state index in [0.717, 1.165) is 18.4 Å². The van der Waals surface area contributed by atoms with Gasteiger partial charge in [0.05, 0.1) is 0 Å². The van der Waals surface area contributed by atoms with Crippen LogP contribution < -0.4 is 10.0 Å². The lowest BCUT2D eigenvalue weighted by Crippen LogP contribution is -2.27. The van der Waals surface area contributed by atoms with Gasteiger partial charge in [0.25, 0.3) is 0 Å². The highest BCUT2D eigenvalue weighted by molar-refractivity contribution is 7.89. The number of hydrogen-bond donors (Lipinski definition) is 2. The predicted octanol–water partition coefficient (Wildman–Crippen LogP) is 1.06. The molecule has 0 spiro atoms. The lowest BCUT2D eigenvalue weighted by atomic mass is 10.2. The first-order valence-corrected chi connectivity index (χ1v) is 7.20. The summed E-state index contributed by atoms with van der Waals surface area (Å²) in [7, 11) is -1.66. The van der Waals surface area contributed by atoms with Gasteiger partial charge in [-0.25, -0.2) is 13.1 Å². The maximum atomic E-state index is 12.2. The molecule has 0 aromatic carbocycles. The molecule has 2 N–H and O–H groups in total. The molecule has 0 unspecified atom stereocenters. The van der Waals surface area contributed by atoms with E-state index in [1.165, 1.54) is 0 Å². The van der Waals surface area contributed by atoms with Gasteiger partial charge in [0, 0.05) is 18.2 Å². The zero-order valence-electron chi connectivity index (χ0n) is 10.3. The molecule has 1 aliphatic carbocycles. The second-order valence-corrected chi connectivity index (χ2v) is 6.10. The molecule has 1 aromatic rings. The molecule has 1 aromatic heterocycles. The maximum absolute atomic E-state index is 12.2. The van der Waals surface area contributed by atoms with Gasteiger partial charge in [0.1, 0.15) is 16.4 Å². The summed E-state index contributed by atoms with van der Waals surface area (Å²) in [5.41, 5.74) is 0.721. The minimum atomic E-state index is -3.44. The Kier molecular flexibility index (Phi) is 3.29. The van der Waals surface area contributed by atoms with Crippen molar-refractivity contribution in [3.63, 3.8) is 0 Å². The Labute approximate surface area is 102 Å². The molecule has 6 heteroatoms. The first-order valence-electron chi connectivity index (χ1n) is 5.71. The van der Waals surface area contributed by atoms with Gasteiger partial charge in [-0.05, 0) is 33.7 Å². The summed E-state index contributed by atoms with van der Waals surface area (Å²) in [4.78, 5) is 0.302. The smallest absolute Gasteiger partial charge is 0.244 e. The second-order valence-electron chi connectivity index (χ2n) is 4.45. The van der Waals surface area contributed by atoms with Crippen molar-refractivity contribution in [1.29, 1.82) is 0 Å². The standard InChI is InChI=1S/C11H18N2O3S/c1-7-10(6-12-3)11(8(2)16-7)17(14,15)13-9-4-5-9/h9,12-13H,4-6H2,1-3H3. The van der Waals surface area contributed by atoms with E-state index in [-0.39, 0.29) is 6.04 Å². The zero-order chi connectivity index (χ0) is 12.6. The van der Waals surface area contributed by atoms with Gasteiger partial charge >= 0.3 is 0 Å².